The third kappa shape index (κ3) is 4.79. The number of aliphatic hydroxyl groups is 1. The highest BCUT2D eigenvalue weighted by Gasteiger charge is 2.31. The fraction of sp³-hybridized carbons (Fsp3) is 0.100. The number of aliphatic hydroxyl groups excluding tert-OH is 1. The summed E-state index contributed by atoms with van der Waals surface area (Å²) in [6.07, 6.45) is 1.94. The van der Waals surface area contributed by atoms with Gasteiger partial charge in [-0.15, -0.1) is 0 Å². The molecule has 1 aliphatic heterocycles. The fourth-order valence-electron chi connectivity index (χ4n) is 4.99. The van der Waals surface area contributed by atoms with E-state index in [-0.39, 0.29) is 6.23 Å². The van der Waals surface area contributed by atoms with E-state index < -0.39 is 6.15 Å². The van der Waals surface area contributed by atoms with Gasteiger partial charge in [0.05, 0.1) is 6.20 Å². The topological polar surface area (TPSA) is 37.0 Å². The molecule has 0 radical (unpaired) electrons. The highest BCUT2D eigenvalue weighted by Crippen LogP contribution is 2.09. The summed E-state index contributed by atoms with van der Waals surface area (Å²) in [6.45, 7) is 3.63. The molecular weight excluding hydrogens is 415 g/mol. The molecule has 2 atom stereocenters. The zero-order chi connectivity index (χ0) is 23.8. The van der Waals surface area contributed by atoms with E-state index in [2.05, 4.69) is 126 Å². The molecule has 0 aliphatic carbocycles. The second-order valence-electron chi connectivity index (χ2n) is 8.67. The Kier molecular flexibility index (Phi) is 7.53. The van der Waals surface area contributed by atoms with Gasteiger partial charge in [-0.2, -0.15) is 21.9 Å². The molecule has 34 heavy (non-hydrogen) atoms. The minimum Gasteiger partial charge on any atom is -0.344 e. The molecule has 2 unspecified atom stereocenters. The van der Waals surface area contributed by atoms with Crippen molar-refractivity contribution in [3.05, 3.63) is 134 Å². The number of nitrogens with one attached hydrogen (secondary N) is 1. The fourth-order valence-corrected chi connectivity index (χ4v) is 4.99. The van der Waals surface area contributed by atoms with Gasteiger partial charge in [-0.3, -0.25) is 0 Å². The molecule has 4 heteroatoms. The van der Waals surface area contributed by atoms with Gasteiger partial charge >= 0.3 is 0 Å². The molecule has 170 valence electrons. The van der Waals surface area contributed by atoms with Crippen LogP contribution in [0.4, 0.5) is 0 Å². The summed E-state index contributed by atoms with van der Waals surface area (Å²) in [5.41, 5.74) is 5.36. The number of rotatable bonds is 5. The third-order valence-electron chi connectivity index (χ3n) is 6.59. The molecule has 0 fully saturated rings. The van der Waals surface area contributed by atoms with E-state index in [1.807, 2.05) is 13.1 Å². The molecular formula is C30H31BN2O. The average Bonchev–Trinajstić information content (AvgIpc) is 3.34. The number of benzene rings is 4. The van der Waals surface area contributed by atoms with Crippen LogP contribution in [0.3, 0.4) is 0 Å². The van der Waals surface area contributed by atoms with Crippen LogP contribution in [-0.2, 0) is 0 Å². The normalized spacial score (nSPS) is 15.7. The Morgan fingerprint density at radius 3 is 1.15 bits per heavy atom. The maximum absolute atomic E-state index is 9.05. The van der Waals surface area contributed by atoms with E-state index in [1.54, 1.807) is 13.1 Å². The summed E-state index contributed by atoms with van der Waals surface area (Å²) in [6, 6.07) is 43.5. The predicted octanol–water partition coefficient (Wildman–Crippen LogP) is 2.18. The van der Waals surface area contributed by atoms with E-state index in [0.29, 0.717) is 0 Å². The maximum Gasteiger partial charge on any atom is 0.204 e. The highest BCUT2D eigenvalue weighted by atomic mass is 16.3. The molecule has 0 aromatic heterocycles. The van der Waals surface area contributed by atoms with Crippen LogP contribution >= 0.6 is 0 Å². The standard InChI is InChI=1S/C24H20B.C6H10N2O/c1-5-13-21(14-6-1)25(22-15-7-2-8-16-22,23-17-9-3-10-18-23)24-19-11-4-12-20-24;1-5-7-3-4-8(5)6(2)9/h1-20H;3-4,6,9H,1-2H3/q-1;/p+1. The van der Waals surface area contributed by atoms with Crippen molar-refractivity contribution in [1.29, 1.82) is 0 Å². The van der Waals surface area contributed by atoms with Crippen LogP contribution in [0, 0.1) is 0 Å². The Hall–Kier alpha value is -3.73. The predicted molar refractivity (Wildman–Crippen MR) is 145 cm³/mol. The lowest BCUT2D eigenvalue weighted by atomic mass is 9.13. The van der Waals surface area contributed by atoms with Crippen molar-refractivity contribution in [2.45, 2.75) is 20.1 Å². The Bertz CT molecular complexity index is 1060. The molecule has 1 heterocycles. The van der Waals surface area contributed by atoms with E-state index >= 15 is 0 Å². The molecule has 4 aromatic rings. The number of aliphatic imine (C=N–C) groups is 1. The summed E-state index contributed by atoms with van der Waals surface area (Å²) in [5, 5.41) is 9.05. The van der Waals surface area contributed by atoms with Crippen molar-refractivity contribution >= 4 is 33.8 Å². The van der Waals surface area contributed by atoms with Gasteiger partial charge in [-0.1, -0.05) is 121 Å². The number of nitrogens with zero attached hydrogens (tertiary/aromatic N) is 1. The number of amidine groups is 1. The Balaban J connectivity index is 0.000000257. The third-order valence-corrected chi connectivity index (χ3v) is 6.59. The van der Waals surface area contributed by atoms with Gasteiger partial charge in [0.25, 0.3) is 0 Å². The Labute approximate surface area is 202 Å². The van der Waals surface area contributed by atoms with Gasteiger partial charge in [0.2, 0.25) is 5.84 Å². The molecule has 5 rings (SSSR count). The molecule has 3 nitrogen and oxygen atoms in total. The summed E-state index contributed by atoms with van der Waals surface area (Å²) in [7, 11) is 0. The van der Waals surface area contributed by atoms with Crippen LogP contribution in [0.5, 0.6) is 0 Å². The van der Waals surface area contributed by atoms with Crippen LogP contribution in [-0.4, -0.2) is 23.3 Å². The first-order valence-corrected chi connectivity index (χ1v) is 11.8. The van der Waals surface area contributed by atoms with Gasteiger partial charge in [-0.25, -0.2) is 9.89 Å². The van der Waals surface area contributed by atoms with Crippen molar-refractivity contribution in [2.75, 3.05) is 0 Å². The lowest BCUT2D eigenvalue weighted by molar-refractivity contribution is -0.803. The van der Waals surface area contributed by atoms with E-state index in [9.17, 15) is 0 Å². The summed E-state index contributed by atoms with van der Waals surface area (Å²) < 4.78 is 0. The second kappa shape index (κ2) is 10.9. The molecule has 0 saturated carbocycles. The lowest BCUT2D eigenvalue weighted by Gasteiger charge is -2.44. The number of hydrogen-bond donors (Lipinski definition) is 2. The number of quaternary nitrogens is 1. The van der Waals surface area contributed by atoms with Crippen molar-refractivity contribution in [3.63, 3.8) is 0 Å². The van der Waals surface area contributed by atoms with Crippen LogP contribution in [0.1, 0.15) is 13.8 Å². The van der Waals surface area contributed by atoms with Crippen molar-refractivity contribution in [2.24, 2.45) is 4.99 Å². The summed E-state index contributed by atoms with van der Waals surface area (Å²) in [5.74, 6) is 0.921. The summed E-state index contributed by atoms with van der Waals surface area (Å²) >= 11 is 0. The molecule has 1 aliphatic rings. The summed E-state index contributed by atoms with van der Waals surface area (Å²) in [4.78, 5) is 4.90. The molecule has 2 N–H and O–H groups in total. The highest BCUT2D eigenvalue weighted by molar-refractivity contribution is 7.19. The SMILES string of the molecule is CC1=NC=C[NH+]1C(C)O.c1ccc([B-](c2ccccc2)(c2ccccc2)c2ccccc2)cc1. The molecule has 0 spiro atoms. The average molecular weight is 446 g/mol. The van der Waals surface area contributed by atoms with E-state index in [0.717, 1.165) is 10.7 Å². The maximum atomic E-state index is 9.05. The monoisotopic (exact) mass is 446 g/mol. The van der Waals surface area contributed by atoms with Crippen molar-refractivity contribution in [3.8, 4) is 0 Å². The van der Waals surface area contributed by atoms with E-state index in [4.69, 9.17) is 5.11 Å². The largest absolute Gasteiger partial charge is 0.344 e. The Morgan fingerprint density at radius 2 is 0.941 bits per heavy atom. The zero-order valence-corrected chi connectivity index (χ0v) is 19.8. The van der Waals surface area contributed by atoms with Crippen LogP contribution in [0.15, 0.2) is 139 Å². The van der Waals surface area contributed by atoms with Gasteiger partial charge in [0.1, 0.15) is 12.3 Å². The van der Waals surface area contributed by atoms with Crippen molar-refractivity contribution < 1.29 is 10.0 Å². The van der Waals surface area contributed by atoms with Gasteiger partial charge < -0.3 is 5.11 Å². The Morgan fingerprint density at radius 1 is 0.618 bits per heavy atom. The van der Waals surface area contributed by atoms with Crippen LogP contribution in [0.25, 0.3) is 0 Å². The van der Waals surface area contributed by atoms with Gasteiger partial charge in [0.15, 0.2) is 6.23 Å². The van der Waals surface area contributed by atoms with E-state index in [1.165, 1.54) is 21.9 Å². The van der Waals surface area contributed by atoms with Crippen molar-refractivity contribution in [1.82, 2.24) is 0 Å². The first-order chi connectivity index (χ1) is 16.6. The first kappa shape index (κ1) is 23.4. The van der Waals surface area contributed by atoms with Crippen LogP contribution in [0.2, 0.25) is 0 Å². The molecule has 0 amide bonds. The molecule has 0 saturated heterocycles. The lowest BCUT2D eigenvalue weighted by Crippen LogP contribution is -3.12. The zero-order valence-electron chi connectivity index (χ0n) is 19.8. The van der Waals surface area contributed by atoms with Crippen LogP contribution < -0.4 is 26.8 Å². The number of hydrogen-bond acceptors (Lipinski definition) is 2. The van der Waals surface area contributed by atoms with Gasteiger partial charge in [0, 0.05) is 13.8 Å². The minimum absolute atomic E-state index is 0.382. The quantitative estimate of drug-likeness (QED) is 0.453. The van der Waals surface area contributed by atoms with Gasteiger partial charge in [-0.05, 0) is 0 Å². The minimum atomic E-state index is -1.22. The smallest absolute Gasteiger partial charge is 0.204 e. The molecule has 4 aromatic carbocycles. The second-order valence-corrected chi connectivity index (χ2v) is 8.67. The first-order valence-electron chi connectivity index (χ1n) is 11.8. The molecule has 0 bridgehead atoms.